The third-order valence-corrected chi connectivity index (χ3v) is 7.31. The quantitative estimate of drug-likeness (QED) is 0.560. The van der Waals surface area contributed by atoms with Crippen LogP contribution in [0.25, 0.3) is 0 Å². The lowest BCUT2D eigenvalue weighted by molar-refractivity contribution is 0.0218. The predicted octanol–water partition coefficient (Wildman–Crippen LogP) is 4.25. The molecule has 0 bridgehead atoms. The third kappa shape index (κ3) is 6.24. The van der Waals surface area contributed by atoms with Gasteiger partial charge < -0.3 is 9.47 Å². The van der Waals surface area contributed by atoms with Crippen LogP contribution in [0.4, 0.5) is 5.69 Å². The van der Waals surface area contributed by atoms with Crippen LogP contribution >= 0.6 is 0 Å². The molecule has 7 heteroatoms. The van der Waals surface area contributed by atoms with Crippen LogP contribution in [0.5, 0.6) is 5.75 Å². The summed E-state index contributed by atoms with van der Waals surface area (Å²) in [5.41, 5.74) is 2.79. The van der Waals surface area contributed by atoms with Crippen molar-refractivity contribution in [3.05, 3.63) is 53.6 Å². The van der Waals surface area contributed by atoms with Gasteiger partial charge in [-0.1, -0.05) is 31.5 Å². The first-order valence-electron chi connectivity index (χ1n) is 11.3. The van der Waals surface area contributed by atoms with Crippen LogP contribution < -0.4 is 9.04 Å². The molecular formula is C25H36N2O4S. The number of hydrogen-bond donors (Lipinski definition) is 0. The maximum Gasteiger partial charge on any atom is 0.264 e. The van der Waals surface area contributed by atoms with Gasteiger partial charge >= 0.3 is 0 Å². The second-order valence-corrected chi connectivity index (χ2v) is 10.9. The highest BCUT2D eigenvalue weighted by Crippen LogP contribution is 2.29. The molecule has 1 saturated heterocycles. The van der Waals surface area contributed by atoms with E-state index in [4.69, 9.17) is 9.47 Å². The molecule has 2 aromatic rings. The van der Waals surface area contributed by atoms with Crippen molar-refractivity contribution in [2.24, 2.45) is 5.92 Å². The molecule has 3 rings (SSSR count). The standard InChI is InChI=1S/C25H36N2O4S/c1-19(2)17-27(25-11-6-20(3)16-21(25)4)32(28,29)24-9-7-23(8-10-24)31-22(5)18-26-12-14-30-15-13-26/h6-11,16,19,22H,12-15,17-18H2,1-5H3. The van der Waals surface area contributed by atoms with Gasteiger partial charge in [-0.25, -0.2) is 8.42 Å². The van der Waals surface area contributed by atoms with Crippen molar-refractivity contribution >= 4 is 15.7 Å². The number of aryl methyl sites for hydroxylation is 2. The van der Waals surface area contributed by atoms with Crippen molar-refractivity contribution in [1.29, 1.82) is 0 Å². The minimum absolute atomic E-state index is 0.00297. The SMILES string of the molecule is Cc1ccc(N(CC(C)C)S(=O)(=O)c2ccc(OC(C)CN3CCOCC3)cc2)c(C)c1. The second kappa shape index (κ2) is 10.7. The molecule has 0 saturated carbocycles. The van der Waals surface area contributed by atoms with Gasteiger partial charge in [0, 0.05) is 26.2 Å². The molecule has 1 unspecified atom stereocenters. The normalized spacial score (nSPS) is 16.2. The molecule has 0 aromatic heterocycles. The van der Waals surface area contributed by atoms with Gasteiger partial charge in [-0.15, -0.1) is 0 Å². The van der Waals surface area contributed by atoms with Crippen molar-refractivity contribution < 1.29 is 17.9 Å². The van der Waals surface area contributed by atoms with Crippen molar-refractivity contribution in [2.75, 3.05) is 43.7 Å². The van der Waals surface area contributed by atoms with E-state index >= 15 is 0 Å². The van der Waals surface area contributed by atoms with Crippen LogP contribution in [0.2, 0.25) is 0 Å². The van der Waals surface area contributed by atoms with E-state index < -0.39 is 10.0 Å². The first-order valence-corrected chi connectivity index (χ1v) is 12.8. The molecule has 0 amide bonds. The topological polar surface area (TPSA) is 59.1 Å². The Labute approximate surface area is 193 Å². The van der Waals surface area contributed by atoms with Crippen molar-refractivity contribution in [3.63, 3.8) is 0 Å². The molecule has 0 spiro atoms. The molecular weight excluding hydrogens is 424 g/mol. The number of rotatable bonds is 9. The maximum absolute atomic E-state index is 13.6. The van der Waals surface area contributed by atoms with Gasteiger partial charge in [0.2, 0.25) is 0 Å². The van der Waals surface area contributed by atoms with Crippen LogP contribution in [-0.2, 0) is 14.8 Å². The lowest BCUT2D eigenvalue weighted by Crippen LogP contribution is -2.41. The summed E-state index contributed by atoms with van der Waals surface area (Å²) in [6.07, 6.45) is 0.00297. The molecule has 6 nitrogen and oxygen atoms in total. The van der Waals surface area contributed by atoms with E-state index in [0.29, 0.717) is 12.3 Å². The minimum Gasteiger partial charge on any atom is -0.489 e. The summed E-state index contributed by atoms with van der Waals surface area (Å²) in [5.74, 6) is 0.862. The zero-order chi connectivity index (χ0) is 23.3. The zero-order valence-corrected chi connectivity index (χ0v) is 20.7. The van der Waals surface area contributed by atoms with E-state index in [0.717, 1.165) is 49.7 Å². The Morgan fingerprint density at radius 1 is 1.03 bits per heavy atom. The molecule has 1 aliphatic heterocycles. The van der Waals surface area contributed by atoms with Crippen LogP contribution in [0.15, 0.2) is 47.4 Å². The molecule has 1 atom stereocenters. The number of ether oxygens (including phenoxy) is 2. The van der Waals surface area contributed by atoms with Gasteiger partial charge in [-0.05, 0) is 62.6 Å². The number of morpholine rings is 1. The average molecular weight is 461 g/mol. The first-order chi connectivity index (χ1) is 15.2. The summed E-state index contributed by atoms with van der Waals surface area (Å²) in [6, 6.07) is 12.7. The average Bonchev–Trinajstić information content (AvgIpc) is 2.73. The fraction of sp³-hybridized carbons (Fsp3) is 0.520. The van der Waals surface area contributed by atoms with Crippen LogP contribution in [0.1, 0.15) is 31.9 Å². The molecule has 1 aliphatic rings. The molecule has 1 heterocycles. The molecule has 176 valence electrons. The Morgan fingerprint density at radius 3 is 2.28 bits per heavy atom. The predicted molar refractivity (Wildman–Crippen MR) is 129 cm³/mol. The number of benzene rings is 2. The highest BCUT2D eigenvalue weighted by Gasteiger charge is 2.27. The summed E-state index contributed by atoms with van der Waals surface area (Å²) in [4.78, 5) is 2.59. The number of nitrogens with zero attached hydrogens (tertiary/aromatic N) is 2. The first kappa shape index (κ1) is 24.6. The highest BCUT2D eigenvalue weighted by atomic mass is 32.2. The second-order valence-electron chi connectivity index (χ2n) is 9.03. The summed E-state index contributed by atoms with van der Waals surface area (Å²) in [7, 11) is -3.70. The molecule has 2 aromatic carbocycles. The fourth-order valence-corrected chi connectivity index (χ4v) is 5.67. The van der Waals surface area contributed by atoms with E-state index in [2.05, 4.69) is 4.90 Å². The maximum atomic E-state index is 13.6. The van der Waals surface area contributed by atoms with Crippen molar-refractivity contribution in [1.82, 2.24) is 4.90 Å². The zero-order valence-electron chi connectivity index (χ0n) is 19.9. The lowest BCUT2D eigenvalue weighted by Gasteiger charge is -2.29. The Morgan fingerprint density at radius 2 is 1.69 bits per heavy atom. The van der Waals surface area contributed by atoms with Gasteiger partial charge in [0.15, 0.2) is 0 Å². The van der Waals surface area contributed by atoms with E-state index in [1.165, 1.54) is 4.31 Å². The van der Waals surface area contributed by atoms with E-state index in [1.807, 2.05) is 52.8 Å². The third-order valence-electron chi connectivity index (χ3n) is 5.52. The molecule has 0 aliphatic carbocycles. The number of hydrogen-bond acceptors (Lipinski definition) is 5. The summed E-state index contributed by atoms with van der Waals surface area (Å²) in [5, 5.41) is 0. The van der Waals surface area contributed by atoms with E-state index in [9.17, 15) is 8.42 Å². The van der Waals surface area contributed by atoms with E-state index in [-0.39, 0.29) is 16.9 Å². The summed E-state index contributed by atoms with van der Waals surface area (Å²) in [6.45, 7) is 14.6. The van der Waals surface area contributed by atoms with E-state index in [1.54, 1.807) is 24.3 Å². The minimum atomic E-state index is -3.70. The van der Waals surface area contributed by atoms with Crippen molar-refractivity contribution in [2.45, 2.75) is 45.6 Å². The summed E-state index contributed by atoms with van der Waals surface area (Å²) < 4.78 is 40.1. The lowest BCUT2D eigenvalue weighted by atomic mass is 10.1. The Hall–Kier alpha value is -2.09. The van der Waals surface area contributed by atoms with Gasteiger partial charge in [0.25, 0.3) is 10.0 Å². The molecule has 32 heavy (non-hydrogen) atoms. The van der Waals surface area contributed by atoms with Crippen LogP contribution in [-0.4, -0.2) is 58.8 Å². The smallest absolute Gasteiger partial charge is 0.264 e. The molecule has 0 radical (unpaired) electrons. The monoisotopic (exact) mass is 460 g/mol. The Balaban J connectivity index is 1.76. The highest BCUT2D eigenvalue weighted by molar-refractivity contribution is 7.92. The van der Waals surface area contributed by atoms with Gasteiger partial charge in [-0.3, -0.25) is 9.21 Å². The molecule has 1 fully saturated rings. The largest absolute Gasteiger partial charge is 0.489 e. The van der Waals surface area contributed by atoms with Crippen LogP contribution in [0, 0.1) is 19.8 Å². The fourth-order valence-electron chi connectivity index (χ4n) is 3.98. The summed E-state index contributed by atoms with van der Waals surface area (Å²) >= 11 is 0. The Kier molecular flexibility index (Phi) is 8.20. The van der Waals surface area contributed by atoms with Crippen LogP contribution in [0.3, 0.4) is 0 Å². The number of anilines is 1. The van der Waals surface area contributed by atoms with Gasteiger partial charge in [0.1, 0.15) is 11.9 Å². The van der Waals surface area contributed by atoms with Gasteiger partial charge in [-0.2, -0.15) is 0 Å². The Bertz CT molecular complexity index is 984. The van der Waals surface area contributed by atoms with Crippen molar-refractivity contribution in [3.8, 4) is 5.75 Å². The molecule has 0 N–H and O–H groups in total. The van der Waals surface area contributed by atoms with Gasteiger partial charge in [0.05, 0.1) is 23.8 Å². The number of sulfonamides is 1.